The molecule has 0 aliphatic carbocycles. The van der Waals surface area contributed by atoms with Crippen LogP contribution in [0.25, 0.3) is 10.9 Å². The SMILES string of the molecule is CCc1ncc(S(=O)(=O)N[C@@H]2COC[C@H]2Cc2ccnc3ccccc23)[nH]1. The van der Waals surface area contributed by atoms with Crippen LogP contribution in [0.2, 0.25) is 0 Å². The molecule has 7 nitrogen and oxygen atoms in total. The van der Waals surface area contributed by atoms with Crippen molar-refractivity contribution in [2.45, 2.75) is 30.8 Å². The van der Waals surface area contributed by atoms with E-state index in [4.69, 9.17) is 4.74 Å². The van der Waals surface area contributed by atoms with Gasteiger partial charge in [0.15, 0.2) is 5.03 Å². The maximum atomic E-state index is 12.7. The summed E-state index contributed by atoms with van der Waals surface area (Å²) in [6, 6.07) is 9.69. The Morgan fingerprint density at radius 2 is 2.07 bits per heavy atom. The van der Waals surface area contributed by atoms with E-state index in [2.05, 4.69) is 19.7 Å². The zero-order valence-electron chi connectivity index (χ0n) is 15.1. The molecule has 4 rings (SSSR count). The molecular weight excluding hydrogens is 364 g/mol. The van der Waals surface area contributed by atoms with Gasteiger partial charge in [0, 0.05) is 23.9 Å². The number of benzene rings is 1. The summed E-state index contributed by atoms with van der Waals surface area (Å²) in [5, 5.41) is 1.19. The topological polar surface area (TPSA) is 97.0 Å². The second kappa shape index (κ2) is 7.38. The Morgan fingerprint density at radius 1 is 1.22 bits per heavy atom. The highest BCUT2D eigenvalue weighted by Gasteiger charge is 2.33. The molecular formula is C19H22N4O3S. The summed E-state index contributed by atoms with van der Waals surface area (Å²) in [6.45, 7) is 2.80. The minimum absolute atomic E-state index is 0.0548. The molecule has 2 atom stereocenters. The number of ether oxygens (including phenoxy) is 1. The van der Waals surface area contributed by atoms with Crippen LogP contribution in [0.4, 0.5) is 0 Å². The van der Waals surface area contributed by atoms with Crippen molar-refractivity contribution in [3.63, 3.8) is 0 Å². The fourth-order valence-corrected chi connectivity index (χ4v) is 4.70. The average molecular weight is 386 g/mol. The van der Waals surface area contributed by atoms with Gasteiger partial charge in [0.25, 0.3) is 10.0 Å². The summed E-state index contributed by atoms with van der Waals surface area (Å²) in [5.41, 5.74) is 2.09. The van der Waals surface area contributed by atoms with Gasteiger partial charge in [-0.15, -0.1) is 0 Å². The van der Waals surface area contributed by atoms with Crippen LogP contribution >= 0.6 is 0 Å². The molecule has 0 spiro atoms. The number of fused-ring (bicyclic) bond motifs is 1. The Labute approximate surface area is 158 Å². The van der Waals surface area contributed by atoms with Gasteiger partial charge in [-0.2, -0.15) is 0 Å². The number of pyridine rings is 1. The molecule has 0 unspecified atom stereocenters. The van der Waals surface area contributed by atoms with Gasteiger partial charge in [-0.1, -0.05) is 25.1 Å². The van der Waals surface area contributed by atoms with E-state index >= 15 is 0 Å². The van der Waals surface area contributed by atoms with Crippen molar-refractivity contribution in [1.29, 1.82) is 0 Å². The molecule has 0 radical (unpaired) electrons. The van der Waals surface area contributed by atoms with Gasteiger partial charge < -0.3 is 9.72 Å². The molecule has 8 heteroatoms. The highest BCUT2D eigenvalue weighted by Crippen LogP contribution is 2.25. The monoisotopic (exact) mass is 386 g/mol. The minimum Gasteiger partial charge on any atom is -0.379 e. The van der Waals surface area contributed by atoms with Crippen LogP contribution in [0.3, 0.4) is 0 Å². The smallest absolute Gasteiger partial charge is 0.257 e. The van der Waals surface area contributed by atoms with E-state index in [0.29, 0.717) is 25.5 Å². The highest BCUT2D eigenvalue weighted by atomic mass is 32.2. The number of H-pyrrole nitrogens is 1. The third-order valence-electron chi connectivity index (χ3n) is 4.96. The number of aryl methyl sites for hydroxylation is 1. The lowest BCUT2D eigenvalue weighted by molar-refractivity contribution is 0.183. The van der Waals surface area contributed by atoms with Gasteiger partial charge in [-0.3, -0.25) is 4.98 Å². The molecule has 2 N–H and O–H groups in total. The van der Waals surface area contributed by atoms with Gasteiger partial charge >= 0.3 is 0 Å². The number of para-hydroxylation sites is 1. The van der Waals surface area contributed by atoms with Crippen LogP contribution in [-0.2, 0) is 27.6 Å². The summed E-state index contributed by atoms with van der Waals surface area (Å²) < 4.78 is 33.7. The number of hydrogen-bond donors (Lipinski definition) is 2. The molecule has 1 aliphatic heterocycles. The van der Waals surface area contributed by atoms with Gasteiger partial charge in [-0.05, 0) is 24.1 Å². The molecule has 3 aromatic rings. The predicted octanol–water partition coefficient (Wildman–Crippen LogP) is 2.06. The molecule has 142 valence electrons. The molecule has 0 amide bonds. The zero-order valence-corrected chi connectivity index (χ0v) is 15.9. The maximum absolute atomic E-state index is 12.7. The van der Waals surface area contributed by atoms with E-state index in [0.717, 1.165) is 22.9 Å². The number of aromatic nitrogens is 3. The number of imidazole rings is 1. The summed E-state index contributed by atoms with van der Waals surface area (Å²) in [4.78, 5) is 11.3. The molecule has 1 aliphatic rings. The van der Waals surface area contributed by atoms with Gasteiger partial charge in [0.1, 0.15) is 5.82 Å². The minimum atomic E-state index is -3.66. The molecule has 0 saturated carbocycles. The number of hydrogen-bond acceptors (Lipinski definition) is 5. The Bertz CT molecular complexity index is 1040. The van der Waals surface area contributed by atoms with Crippen molar-refractivity contribution in [2.75, 3.05) is 13.2 Å². The van der Waals surface area contributed by atoms with Crippen molar-refractivity contribution in [2.24, 2.45) is 5.92 Å². The van der Waals surface area contributed by atoms with Crippen molar-refractivity contribution in [3.05, 3.63) is 54.1 Å². The fraction of sp³-hybridized carbons (Fsp3) is 0.368. The van der Waals surface area contributed by atoms with E-state index in [1.807, 2.05) is 37.3 Å². The van der Waals surface area contributed by atoms with Gasteiger partial charge in [-0.25, -0.2) is 18.1 Å². The van der Waals surface area contributed by atoms with E-state index in [9.17, 15) is 8.42 Å². The molecule has 27 heavy (non-hydrogen) atoms. The van der Waals surface area contributed by atoms with Crippen LogP contribution in [0, 0.1) is 5.92 Å². The van der Waals surface area contributed by atoms with Crippen molar-refractivity contribution in [3.8, 4) is 0 Å². The first-order valence-corrected chi connectivity index (χ1v) is 10.5. The predicted molar refractivity (Wildman–Crippen MR) is 102 cm³/mol. The Morgan fingerprint density at radius 3 is 2.89 bits per heavy atom. The number of nitrogens with one attached hydrogen (secondary N) is 2. The lowest BCUT2D eigenvalue weighted by Crippen LogP contribution is -2.40. The zero-order chi connectivity index (χ0) is 18.9. The van der Waals surface area contributed by atoms with E-state index in [1.54, 1.807) is 6.20 Å². The van der Waals surface area contributed by atoms with Crippen molar-refractivity contribution < 1.29 is 13.2 Å². The Balaban J connectivity index is 1.54. The summed E-state index contributed by atoms with van der Waals surface area (Å²) in [5.74, 6) is 0.706. The average Bonchev–Trinajstić information content (AvgIpc) is 3.32. The maximum Gasteiger partial charge on any atom is 0.257 e. The second-order valence-corrected chi connectivity index (χ2v) is 8.45. The largest absolute Gasteiger partial charge is 0.379 e. The summed E-state index contributed by atoms with van der Waals surface area (Å²) in [7, 11) is -3.66. The fourth-order valence-electron chi connectivity index (χ4n) is 3.47. The summed E-state index contributed by atoms with van der Waals surface area (Å²) >= 11 is 0. The second-order valence-electron chi connectivity index (χ2n) is 6.76. The Kier molecular flexibility index (Phi) is 4.94. The van der Waals surface area contributed by atoms with Gasteiger partial charge in [0.05, 0.1) is 31.0 Å². The molecule has 0 bridgehead atoms. The quantitative estimate of drug-likeness (QED) is 0.676. The number of aromatic amines is 1. The van der Waals surface area contributed by atoms with Crippen LogP contribution in [-0.4, -0.2) is 42.6 Å². The third kappa shape index (κ3) is 3.73. The van der Waals surface area contributed by atoms with Crippen LogP contribution < -0.4 is 4.72 Å². The molecule has 2 aromatic heterocycles. The molecule has 1 fully saturated rings. The molecule has 1 saturated heterocycles. The van der Waals surface area contributed by atoms with Crippen molar-refractivity contribution in [1.82, 2.24) is 19.7 Å². The van der Waals surface area contributed by atoms with Gasteiger partial charge in [0.2, 0.25) is 0 Å². The highest BCUT2D eigenvalue weighted by molar-refractivity contribution is 7.89. The first-order chi connectivity index (χ1) is 13.1. The molecule has 3 heterocycles. The molecule has 1 aromatic carbocycles. The third-order valence-corrected chi connectivity index (χ3v) is 6.36. The van der Waals surface area contributed by atoms with Crippen LogP contribution in [0.15, 0.2) is 47.8 Å². The van der Waals surface area contributed by atoms with Crippen molar-refractivity contribution >= 4 is 20.9 Å². The van der Waals surface area contributed by atoms with E-state index in [1.165, 1.54) is 6.20 Å². The lowest BCUT2D eigenvalue weighted by atomic mass is 9.93. The standard InChI is InChI=1S/C19H22N4O3S/c1-2-18-21-10-19(22-18)27(24,25)23-17-12-26-11-14(17)9-13-7-8-20-16-6-4-3-5-15(13)16/h3-8,10,14,17,23H,2,9,11-12H2,1H3,(H,21,22)/t14-,17-/m1/s1. The summed E-state index contributed by atoms with van der Waals surface area (Å²) in [6.07, 6.45) is 4.53. The number of nitrogens with zero attached hydrogens (tertiary/aromatic N) is 2. The first-order valence-electron chi connectivity index (χ1n) is 9.03. The first kappa shape index (κ1) is 18.1. The van der Waals surface area contributed by atoms with Crippen LogP contribution in [0.5, 0.6) is 0 Å². The lowest BCUT2D eigenvalue weighted by Gasteiger charge is -2.19. The number of sulfonamides is 1. The van der Waals surface area contributed by atoms with Crippen LogP contribution in [0.1, 0.15) is 18.3 Å². The Hall–Kier alpha value is -2.29. The van der Waals surface area contributed by atoms with E-state index < -0.39 is 10.0 Å². The number of rotatable bonds is 6. The normalized spacial score (nSPS) is 20.3. The van der Waals surface area contributed by atoms with E-state index in [-0.39, 0.29) is 17.0 Å².